The molecule has 1 aliphatic heterocycles. The van der Waals surface area contributed by atoms with Crippen LogP contribution in [0.5, 0.6) is 0 Å². The van der Waals surface area contributed by atoms with Crippen LogP contribution in [0.2, 0.25) is 0 Å². The highest BCUT2D eigenvalue weighted by Crippen LogP contribution is 2.26. The first kappa shape index (κ1) is 18.0. The molecule has 0 atom stereocenters. The van der Waals surface area contributed by atoms with Gasteiger partial charge < -0.3 is 4.90 Å². The molecule has 0 radical (unpaired) electrons. The lowest BCUT2D eigenvalue weighted by atomic mass is 9.88. The predicted octanol–water partition coefficient (Wildman–Crippen LogP) is 4.61. The van der Waals surface area contributed by atoms with Crippen LogP contribution in [0.1, 0.15) is 63.1 Å². The molecule has 4 rings (SSSR count). The zero-order chi connectivity index (χ0) is 18.8. The summed E-state index contributed by atoms with van der Waals surface area (Å²) in [5, 5.41) is 0. The molecule has 2 aromatic carbocycles. The van der Waals surface area contributed by atoms with Crippen LogP contribution in [0.15, 0.2) is 42.5 Å². The fourth-order valence-electron chi connectivity index (χ4n) is 4.35. The molecule has 0 saturated carbocycles. The van der Waals surface area contributed by atoms with E-state index in [1.165, 1.54) is 24.0 Å². The lowest BCUT2D eigenvalue weighted by molar-refractivity contribution is 0.0650. The summed E-state index contributed by atoms with van der Waals surface area (Å²) in [4.78, 5) is 27.5. The Labute approximate surface area is 161 Å². The lowest BCUT2D eigenvalue weighted by Crippen LogP contribution is -2.40. The summed E-state index contributed by atoms with van der Waals surface area (Å²) in [7, 11) is 0. The van der Waals surface area contributed by atoms with E-state index in [4.69, 9.17) is 0 Å². The second kappa shape index (κ2) is 7.67. The molecule has 1 fully saturated rings. The summed E-state index contributed by atoms with van der Waals surface area (Å²) < 4.78 is 0. The van der Waals surface area contributed by atoms with E-state index in [0.717, 1.165) is 42.4 Å². The highest BCUT2D eigenvalue weighted by molar-refractivity contribution is 5.98. The van der Waals surface area contributed by atoms with E-state index in [1.807, 2.05) is 42.2 Å². The van der Waals surface area contributed by atoms with E-state index >= 15 is 0 Å². The van der Waals surface area contributed by atoms with Crippen molar-refractivity contribution in [3.8, 4) is 0 Å². The van der Waals surface area contributed by atoms with Gasteiger partial charge in [-0.05, 0) is 68.7 Å². The molecule has 27 heavy (non-hydrogen) atoms. The Kier molecular flexibility index (Phi) is 5.11. The Bertz CT molecular complexity index is 845. The summed E-state index contributed by atoms with van der Waals surface area (Å²) in [5.74, 6) is 0.362. The van der Waals surface area contributed by atoms with E-state index in [0.29, 0.717) is 13.1 Å². The van der Waals surface area contributed by atoms with E-state index < -0.39 is 0 Å². The maximum atomic E-state index is 12.9. The normalized spacial score (nSPS) is 17.4. The first-order valence-electron chi connectivity index (χ1n) is 10.1. The van der Waals surface area contributed by atoms with Crippen molar-refractivity contribution in [3.05, 3.63) is 70.3 Å². The van der Waals surface area contributed by atoms with Crippen LogP contribution in [0.3, 0.4) is 0 Å². The van der Waals surface area contributed by atoms with Crippen molar-refractivity contribution < 1.29 is 9.59 Å². The third kappa shape index (κ3) is 3.83. The van der Waals surface area contributed by atoms with Gasteiger partial charge in [0.25, 0.3) is 5.91 Å². The number of aryl methyl sites for hydroxylation is 3. The molecule has 0 spiro atoms. The Morgan fingerprint density at radius 3 is 2.19 bits per heavy atom. The van der Waals surface area contributed by atoms with Gasteiger partial charge >= 0.3 is 0 Å². The summed E-state index contributed by atoms with van der Waals surface area (Å²) in [6.45, 7) is 3.36. The number of benzene rings is 2. The maximum absolute atomic E-state index is 12.9. The summed E-state index contributed by atoms with van der Waals surface area (Å²) in [6.07, 6.45) is 6.20. The molecule has 0 aromatic heterocycles. The SMILES string of the molecule is Cc1ccc(C(=O)C2CCN(C(=O)c3ccc4c(c3)CCCC4)CC2)cc1. The molecule has 0 unspecified atom stereocenters. The average molecular weight is 361 g/mol. The quantitative estimate of drug-likeness (QED) is 0.749. The van der Waals surface area contributed by atoms with Gasteiger partial charge in [0.05, 0.1) is 0 Å². The number of ketones is 1. The average Bonchev–Trinajstić information content (AvgIpc) is 2.73. The van der Waals surface area contributed by atoms with Gasteiger partial charge in [-0.2, -0.15) is 0 Å². The monoisotopic (exact) mass is 361 g/mol. The molecule has 3 heteroatoms. The molecule has 1 heterocycles. The van der Waals surface area contributed by atoms with Gasteiger partial charge in [-0.1, -0.05) is 35.9 Å². The van der Waals surface area contributed by atoms with Gasteiger partial charge in [-0.3, -0.25) is 9.59 Å². The molecule has 2 aromatic rings. The molecule has 0 N–H and O–H groups in total. The van der Waals surface area contributed by atoms with E-state index in [1.54, 1.807) is 0 Å². The van der Waals surface area contributed by atoms with Gasteiger partial charge in [0.2, 0.25) is 0 Å². The largest absolute Gasteiger partial charge is 0.339 e. The number of Topliss-reactive ketones (excluding diaryl/α,β-unsaturated/α-hetero) is 1. The van der Waals surface area contributed by atoms with E-state index in [2.05, 4.69) is 12.1 Å². The zero-order valence-corrected chi connectivity index (χ0v) is 16.0. The third-order valence-corrected chi connectivity index (χ3v) is 6.08. The van der Waals surface area contributed by atoms with Crippen molar-refractivity contribution in [2.24, 2.45) is 5.92 Å². The zero-order valence-electron chi connectivity index (χ0n) is 16.0. The minimum atomic E-state index is 0.0280. The Balaban J connectivity index is 1.39. The molecule has 2 aliphatic rings. The lowest BCUT2D eigenvalue weighted by Gasteiger charge is -2.31. The van der Waals surface area contributed by atoms with Crippen molar-refractivity contribution in [3.63, 3.8) is 0 Å². The minimum absolute atomic E-state index is 0.0280. The van der Waals surface area contributed by atoms with Gasteiger partial charge in [0.1, 0.15) is 0 Å². The van der Waals surface area contributed by atoms with Crippen molar-refractivity contribution in [2.75, 3.05) is 13.1 Å². The number of piperidine rings is 1. The Hall–Kier alpha value is -2.42. The fourth-order valence-corrected chi connectivity index (χ4v) is 4.35. The molecule has 1 saturated heterocycles. The van der Waals surface area contributed by atoms with Crippen LogP contribution in [0.25, 0.3) is 0 Å². The van der Waals surface area contributed by atoms with Crippen LogP contribution < -0.4 is 0 Å². The van der Waals surface area contributed by atoms with Crippen LogP contribution in [0.4, 0.5) is 0 Å². The van der Waals surface area contributed by atoms with Crippen molar-refractivity contribution in [1.82, 2.24) is 4.90 Å². The number of hydrogen-bond acceptors (Lipinski definition) is 2. The fraction of sp³-hybridized carbons (Fsp3) is 0.417. The van der Waals surface area contributed by atoms with Crippen LogP contribution >= 0.6 is 0 Å². The summed E-state index contributed by atoms with van der Waals surface area (Å²) >= 11 is 0. The van der Waals surface area contributed by atoms with Gasteiger partial charge in [0, 0.05) is 30.1 Å². The highest BCUT2D eigenvalue weighted by atomic mass is 16.2. The molecule has 0 bridgehead atoms. The van der Waals surface area contributed by atoms with Crippen molar-refractivity contribution >= 4 is 11.7 Å². The predicted molar refractivity (Wildman–Crippen MR) is 107 cm³/mol. The van der Waals surface area contributed by atoms with E-state index in [-0.39, 0.29) is 17.6 Å². The van der Waals surface area contributed by atoms with Crippen LogP contribution in [0, 0.1) is 12.8 Å². The van der Waals surface area contributed by atoms with Gasteiger partial charge in [0.15, 0.2) is 5.78 Å². The second-order valence-corrected chi connectivity index (χ2v) is 7.99. The van der Waals surface area contributed by atoms with Crippen molar-refractivity contribution in [2.45, 2.75) is 45.4 Å². The molecule has 140 valence electrons. The number of rotatable bonds is 3. The van der Waals surface area contributed by atoms with Gasteiger partial charge in [-0.25, -0.2) is 0 Å². The number of amides is 1. The molecule has 1 aliphatic carbocycles. The minimum Gasteiger partial charge on any atom is -0.339 e. The topological polar surface area (TPSA) is 37.4 Å². The summed E-state index contributed by atoms with van der Waals surface area (Å²) in [6, 6.07) is 14.0. The van der Waals surface area contributed by atoms with Crippen LogP contribution in [-0.2, 0) is 12.8 Å². The highest BCUT2D eigenvalue weighted by Gasteiger charge is 2.28. The first-order chi connectivity index (χ1) is 13.1. The smallest absolute Gasteiger partial charge is 0.253 e. The van der Waals surface area contributed by atoms with Crippen LogP contribution in [-0.4, -0.2) is 29.7 Å². The number of likely N-dealkylation sites (tertiary alicyclic amines) is 1. The Morgan fingerprint density at radius 1 is 0.852 bits per heavy atom. The standard InChI is InChI=1S/C24H27NO2/c1-17-6-8-19(9-7-17)23(26)20-12-14-25(15-13-20)24(27)22-11-10-18-4-2-3-5-21(18)16-22/h6-11,16,20H,2-5,12-15H2,1H3. The first-order valence-corrected chi connectivity index (χ1v) is 10.1. The molecular weight excluding hydrogens is 334 g/mol. The number of carbonyl (C=O) groups excluding carboxylic acids is 2. The third-order valence-electron chi connectivity index (χ3n) is 6.08. The molecular formula is C24H27NO2. The number of hydrogen-bond donors (Lipinski definition) is 0. The number of carbonyl (C=O) groups is 2. The molecule has 3 nitrogen and oxygen atoms in total. The Morgan fingerprint density at radius 2 is 1.48 bits per heavy atom. The number of nitrogens with zero attached hydrogens (tertiary/aromatic N) is 1. The number of fused-ring (bicyclic) bond motifs is 1. The maximum Gasteiger partial charge on any atom is 0.253 e. The van der Waals surface area contributed by atoms with E-state index in [9.17, 15) is 9.59 Å². The van der Waals surface area contributed by atoms with Crippen molar-refractivity contribution in [1.29, 1.82) is 0 Å². The second-order valence-electron chi connectivity index (χ2n) is 7.99. The summed E-state index contributed by atoms with van der Waals surface area (Å²) in [5.41, 5.74) is 5.51. The van der Waals surface area contributed by atoms with Gasteiger partial charge in [-0.15, -0.1) is 0 Å². The molecule has 1 amide bonds.